The molecule has 0 atom stereocenters. The third-order valence-corrected chi connectivity index (χ3v) is 1.57. The van der Waals surface area contributed by atoms with Crippen LogP contribution >= 0.6 is 0 Å². The van der Waals surface area contributed by atoms with E-state index in [-0.39, 0.29) is 11.4 Å². The fourth-order valence-corrected chi connectivity index (χ4v) is 0.939. The third-order valence-electron chi connectivity index (χ3n) is 1.57. The number of nitrogens with one attached hydrogen (secondary N) is 1. The Morgan fingerprint density at radius 2 is 1.80 bits per heavy atom. The molecule has 3 N–H and O–H groups in total. The van der Waals surface area contributed by atoms with Crippen LogP contribution in [0.3, 0.4) is 0 Å². The summed E-state index contributed by atoms with van der Waals surface area (Å²) >= 11 is 0. The van der Waals surface area contributed by atoms with Gasteiger partial charge in [0.1, 0.15) is 17.0 Å². The summed E-state index contributed by atoms with van der Waals surface area (Å²) in [6, 6.07) is 0. The maximum Gasteiger partial charge on any atom is 0.412 e. The first-order chi connectivity index (χ1) is 6.72. The molecule has 0 aliphatic carbocycles. The molecule has 1 rings (SSSR count). The number of nitrogen functional groups attached to an aromatic ring is 1. The van der Waals surface area contributed by atoms with Crippen LogP contribution in [0.15, 0.2) is 9.59 Å². The average Bonchev–Trinajstić information content (AvgIpc) is 2.09. The van der Waals surface area contributed by atoms with E-state index in [0.717, 1.165) is 0 Å². The van der Waals surface area contributed by atoms with Crippen molar-refractivity contribution >= 4 is 17.5 Å². The van der Waals surface area contributed by atoms with Crippen LogP contribution in [-0.4, -0.2) is 11.7 Å². The highest BCUT2D eigenvalue weighted by atomic mass is 16.6. The highest BCUT2D eigenvalue weighted by Gasteiger charge is 2.23. The van der Waals surface area contributed by atoms with Crippen molar-refractivity contribution in [3.05, 3.63) is 20.4 Å². The van der Waals surface area contributed by atoms with Crippen LogP contribution in [0, 0.1) is 0 Å². The SMILES string of the molecule is CC(C)(C)OC(=O)Nc1c(N)c(=O)c1=O. The average molecular weight is 212 g/mol. The minimum Gasteiger partial charge on any atom is -0.444 e. The predicted octanol–water partition coefficient (Wildman–Crippen LogP) is 0.212. The Bertz CT molecular complexity index is 463. The molecule has 1 amide bonds. The monoisotopic (exact) mass is 212 g/mol. The van der Waals surface area contributed by atoms with Crippen molar-refractivity contribution < 1.29 is 9.53 Å². The molecular weight excluding hydrogens is 200 g/mol. The summed E-state index contributed by atoms with van der Waals surface area (Å²) in [4.78, 5) is 32.8. The molecule has 6 heteroatoms. The minimum atomic E-state index is -0.804. The number of carbonyl (C=O) groups excluding carboxylic acids is 1. The second-order valence-electron chi connectivity index (χ2n) is 4.07. The molecule has 0 fully saturated rings. The van der Waals surface area contributed by atoms with Gasteiger partial charge >= 0.3 is 6.09 Å². The van der Waals surface area contributed by atoms with Crippen molar-refractivity contribution in [3.8, 4) is 0 Å². The van der Waals surface area contributed by atoms with Crippen LogP contribution in [0.2, 0.25) is 0 Å². The zero-order valence-electron chi connectivity index (χ0n) is 8.71. The van der Waals surface area contributed by atoms with E-state index in [4.69, 9.17) is 10.5 Å². The van der Waals surface area contributed by atoms with Crippen molar-refractivity contribution in [2.24, 2.45) is 0 Å². The predicted molar refractivity (Wildman–Crippen MR) is 55.6 cm³/mol. The molecule has 82 valence electrons. The summed E-state index contributed by atoms with van der Waals surface area (Å²) in [5.74, 6) is 0. The standard InChI is InChI=1S/C9H12N2O4/c1-9(2,3)15-8(14)11-5-4(10)6(12)7(5)13/h10H2,1-3H3,(H,11,14). The summed E-state index contributed by atoms with van der Waals surface area (Å²) in [7, 11) is 0. The summed E-state index contributed by atoms with van der Waals surface area (Å²) in [5, 5.41) is 2.13. The maximum absolute atomic E-state index is 11.2. The van der Waals surface area contributed by atoms with E-state index in [1.165, 1.54) is 0 Å². The van der Waals surface area contributed by atoms with Crippen LogP contribution in [0.1, 0.15) is 20.8 Å². The van der Waals surface area contributed by atoms with Crippen molar-refractivity contribution in [2.45, 2.75) is 26.4 Å². The van der Waals surface area contributed by atoms with E-state index in [2.05, 4.69) is 5.32 Å². The molecular formula is C9H12N2O4. The Morgan fingerprint density at radius 3 is 2.20 bits per heavy atom. The quantitative estimate of drug-likeness (QED) is 0.648. The van der Waals surface area contributed by atoms with Crippen LogP contribution < -0.4 is 21.9 Å². The van der Waals surface area contributed by atoms with E-state index < -0.39 is 22.6 Å². The molecule has 6 nitrogen and oxygen atoms in total. The molecule has 15 heavy (non-hydrogen) atoms. The van der Waals surface area contributed by atoms with Gasteiger partial charge in [0.2, 0.25) is 0 Å². The smallest absolute Gasteiger partial charge is 0.412 e. The summed E-state index contributed by atoms with van der Waals surface area (Å²) < 4.78 is 4.87. The fourth-order valence-electron chi connectivity index (χ4n) is 0.939. The van der Waals surface area contributed by atoms with Gasteiger partial charge in [-0.3, -0.25) is 14.9 Å². The van der Waals surface area contributed by atoms with Gasteiger partial charge in [-0.15, -0.1) is 0 Å². The Balaban J connectivity index is 2.70. The number of ether oxygens (including phenoxy) is 1. The number of hydrogen-bond donors (Lipinski definition) is 2. The summed E-state index contributed by atoms with van der Waals surface area (Å²) in [5.41, 5.74) is 2.55. The van der Waals surface area contributed by atoms with Gasteiger partial charge < -0.3 is 10.5 Å². The maximum atomic E-state index is 11.2. The number of rotatable bonds is 1. The van der Waals surface area contributed by atoms with Gasteiger partial charge in [0.25, 0.3) is 10.9 Å². The number of nitrogens with two attached hydrogens (primary N) is 1. The molecule has 0 aliphatic heterocycles. The topological polar surface area (TPSA) is 98.5 Å². The van der Waals surface area contributed by atoms with E-state index in [1.807, 2.05) is 0 Å². The third kappa shape index (κ3) is 2.34. The molecule has 0 bridgehead atoms. The molecule has 0 aromatic heterocycles. The Hall–Kier alpha value is -1.85. The zero-order chi connectivity index (χ0) is 11.8. The first kappa shape index (κ1) is 11.2. The minimum absolute atomic E-state index is 0.186. The van der Waals surface area contributed by atoms with Crippen LogP contribution in [0.4, 0.5) is 16.2 Å². The highest BCUT2D eigenvalue weighted by molar-refractivity contribution is 5.90. The van der Waals surface area contributed by atoms with Gasteiger partial charge in [0.05, 0.1) is 0 Å². The van der Waals surface area contributed by atoms with Crippen molar-refractivity contribution in [1.29, 1.82) is 0 Å². The van der Waals surface area contributed by atoms with Gasteiger partial charge in [-0.05, 0) is 20.8 Å². The lowest BCUT2D eigenvalue weighted by molar-refractivity contribution is 0.0635. The van der Waals surface area contributed by atoms with Crippen molar-refractivity contribution in [2.75, 3.05) is 11.1 Å². The van der Waals surface area contributed by atoms with Gasteiger partial charge in [0, 0.05) is 0 Å². The lowest BCUT2D eigenvalue weighted by Gasteiger charge is -2.20. The molecule has 1 aromatic carbocycles. The van der Waals surface area contributed by atoms with E-state index in [0.29, 0.717) is 0 Å². The van der Waals surface area contributed by atoms with Crippen LogP contribution in [0.5, 0.6) is 0 Å². The number of hydrogen-bond acceptors (Lipinski definition) is 5. The first-order valence-electron chi connectivity index (χ1n) is 4.31. The highest BCUT2D eigenvalue weighted by Crippen LogP contribution is 2.12. The van der Waals surface area contributed by atoms with Gasteiger partial charge in [-0.25, -0.2) is 4.79 Å². The first-order valence-corrected chi connectivity index (χ1v) is 4.31. The van der Waals surface area contributed by atoms with Gasteiger partial charge in [-0.2, -0.15) is 0 Å². The Labute approximate surface area is 85.7 Å². The second kappa shape index (κ2) is 3.38. The van der Waals surface area contributed by atoms with Crippen molar-refractivity contribution in [1.82, 2.24) is 0 Å². The lowest BCUT2D eigenvalue weighted by atomic mass is 10.2. The zero-order valence-corrected chi connectivity index (χ0v) is 8.71. The van der Waals surface area contributed by atoms with Crippen LogP contribution in [0.25, 0.3) is 0 Å². The summed E-state index contributed by atoms with van der Waals surface area (Å²) in [6.45, 7) is 5.04. The molecule has 0 aliphatic rings. The lowest BCUT2D eigenvalue weighted by Crippen LogP contribution is -2.39. The van der Waals surface area contributed by atoms with Crippen LogP contribution in [-0.2, 0) is 4.74 Å². The molecule has 0 radical (unpaired) electrons. The van der Waals surface area contributed by atoms with E-state index >= 15 is 0 Å². The Morgan fingerprint density at radius 1 is 1.27 bits per heavy atom. The molecule has 0 saturated heterocycles. The number of anilines is 2. The summed E-state index contributed by atoms with van der Waals surface area (Å²) in [6.07, 6.45) is -0.804. The van der Waals surface area contributed by atoms with E-state index in [9.17, 15) is 14.4 Å². The molecule has 1 aromatic rings. The number of amides is 1. The largest absolute Gasteiger partial charge is 0.444 e. The molecule has 0 heterocycles. The fraction of sp³-hybridized carbons (Fsp3) is 0.444. The van der Waals surface area contributed by atoms with Gasteiger partial charge in [-0.1, -0.05) is 0 Å². The molecule has 0 spiro atoms. The van der Waals surface area contributed by atoms with Crippen molar-refractivity contribution in [3.63, 3.8) is 0 Å². The molecule has 0 unspecified atom stereocenters. The van der Waals surface area contributed by atoms with Gasteiger partial charge in [0.15, 0.2) is 0 Å². The Kier molecular flexibility index (Phi) is 2.53. The second-order valence-corrected chi connectivity index (χ2v) is 4.07. The van der Waals surface area contributed by atoms with E-state index in [1.54, 1.807) is 20.8 Å². The molecule has 0 saturated carbocycles. The normalized spacial score (nSPS) is 11.4. The number of carbonyl (C=O) groups is 1.